The van der Waals surface area contributed by atoms with E-state index in [4.69, 9.17) is 11.6 Å². The van der Waals surface area contributed by atoms with Crippen LogP contribution in [-0.4, -0.2) is 61.0 Å². The third-order valence-corrected chi connectivity index (χ3v) is 4.14. The van der Waals surface area contributed by atoms with Crippen molar-refractivity contribution >= 4 is 23.3 Å². The van der Waals surface area contributed by atoms with Gasteiger partial charge in [-0.05, 0) is 26.1 Å². The van der Waals surface area contributed by atoms with Crippen LogP contribution in [0.3, 0.4) is 0 Å². The number of halogens is 1. The molecule has 2 rings (SSSR count). The zero-order valence-corrected chi connectivity index (χ0v) is 13.1. The fourth-order valence-corrected chi connectivity index (χ4v) is 2.97. The molecule has 1 aliphatic heterocycles. The molecule has 0 saturated carbocycles. The maximum Gasteiger partial charge on any atom is 0.255 e. The number of pyridine rings is 1. The van der Waals surface area contributed by atoms with E-state index in [1.165, 1.54) is 0 Å². The van der Waals surface area contributed by atoms with Crippen molar-refractivity contribution in [2.45, 2.75) is 13.0 Å². The van der Waals surface area contributed by atoms with Gasteiger partial charge in [0, 0.05) is 32.4 Å². The van der Waals surface area contributed by atoms with E-state index in [0.29, 0.717) is 28.4 Å². The molecule has 0 spiro atoms. The molecular formula is C14H21ClN4O. The quantitative estimate of drug-likeness (QED) is 0.924. The maximum atomic E-state index is 12.5. The predicted molar refractivity (Wildman–Crippen MR) is 81.3 cm³/mol. The van der Waals surface area contributed by atoms with Crippen LogP contribution >= 0.6 is 11.6 Å². The van der Waals surface area contributed by atoms with E-state index < -0.39 is 0 Å². The Morgan fingerprint density at radius 1 is 1.50 bits per heavy atom. The Morgan fingerprint density at radius 3 is 2.70 bits per heavy atom. The fourth-order valence-electron chi connectivity index (χ4n) is 2.71. The summed E-state index contributed by atoms with van der Waals surface area (Å²) in [4.78, 5) is 20.7. The number of amides is 1. The number of carbonyl (C=O) groups is 1. The Bertz CT molecular complexity index is 506. The van der Waals surface area contributed by atoms with Crippen molar-refractivity contribution in [3.8, 4) is 0 Å². The highest BCUT2D eigenvalue weighted by atomic mass is 35.5. The van der Waals surface area contributed by atoms with Gasteiger partial charge in [0.25, 0.3) is 5.91 Å². The average molecular weight is 297 g/mol. The minimum atomic E-state index is -0.00162. The Morgan fingerprint density at radius 2 is 2.20 bits per heavy atom. The summed E-state index contributed by atoms with van der Waals surface area (Å²) >= 11 is 6.08. The van der Waals surface area contributed by atoms with Gasteiger partial charge in [0.05, 0.1) is 10.6 Å². The molecule has 2 heterocycles. The minimum absolute atomic E-state index is 0.00162. The second-order valence-corrected chi connectivity index (χ2v) is 5.93. The van der Waals surface area contributed by atoms with E-state index in [1.54, 1.807) is 19.3 Å². The number of likely N-dealkylation sites (N-methyl/N-ethyl adjacent to an activating group) is 1. The summed E-state index contributed by atoms with van der Waals surface area (Å²) in [6.07, 6.45) is 1.58. The lowest BCUT2D eigenvalue weighted by atomic mass is 10.1. The monoisotopic (exact) mass is 296 g/mol. The molecule has 0 bridgehead atoms. The van der Waals surface area contributed by atoms with Gasteiger partial charge in [-0.15, -0.1) is 0 Å². The van der Waals surface area contributed by atoms with Gasteiger partial charge in [-0.3, -0.25) is 4.79 Å². The van der Waals surface area contributed by atoms with Crippen LogP contribution < -0.4 is 5.32 Å². The Kier molecular flexibility index (Phi) is 4.50. The minimum Gasteiger partial charge on any atom is -0.372 e. The van der Waals surface area contributed by atoms with Crippen LogP contribution in [0, 0.1) is 5.92 Å². The van der Waals surface area contributed by atoms with Gasteiger partial charge in [-0.25, -0.2) is 4.98 Å². The highest BCUT2D eigenvalue weighted by molar-refractivity contribution is 6.33. The standard InChI is InChI=1S/C14H21ClN4O/c1-9-7-19(8-12(9)18(3)4)14(20)10-5-11(15)13(16-2)17-6-10/h5-6,9,12H,7-8H2,1-4H3,(H,16,17). The summed E-state index contributed by atoms with van der Waals surface area (Å²) in [7, 11) is 5.85. The van der Waals surface area contributed by atoms with Crippen molar-refractivity contribution in [1.82, 2.24) is 14.8 Å². The zero-order valence-electron chi connectivity index (χ0n) is 12.4. The highest BCUT2D eigenvalue weighted by Gasteiger charge is 2.34. The van der Waals surface area contributed by atoms with Gasteiger partial charge in [0.2, 0.25) is 0 Å². The molecule has 20 heavy (non-hydrogen) atoms. The van der Waals surface area contributed by atoms with Crippen molar-refractivity contribution in [1.29, 1.82) is 0 Å². The molecule has 6 heteroatoms. The molecule has 0 aliphatic carbocycles. The number of likely N-dealkylation sites (tertiary alicyclic amines) is 1. The van der Waals surface area contributed by atoms with Gasteiger partial charge >= 0.3 is 0 Å². The van der Waals surface area contributed by atoms with Gasteiger partial charge in [0.1, 0.15) is 5.82 Å². The number of hydrogen-bond acceptors (Lipinski definition) is 4. The van der Waals surface area contributed by atoms with Gasteiger partial charge < -0.3 is 15.1 Å². The van der Waals surface area contributed by atoms with Crippen LogP contribution in [0.4, 0.5) is 5.82 Å². The summed E-state index contributed by atoms with van der Waals surface area (Å²) in [5.41, 5.74) is 0.542. The van der Waals surface area contributed by atoms with E-state index in [2.05, 4.69) is 36.2 Å². The molecule has 2 unspecified atom stereocenters. The largest absolute Gasteiger partial charge is 0.372 e. The smallest absolute Gasteiger partial charge is 0.255 e. The van der Waals surface area contributed by atoms with Gasteiger partial charge in [-0.2, -0.15) is 0 Å². The molecule has 0 aromatic carbocycles. The molecule has 2 atom stereocenters. The van der Waals surface area contributed by atoms with Crippen LogP contribution in [-0.2, 0) is 0 Å². The van der Waals surface area contributed by atoms with Crippen molar-refractivity contribution in [3.63, 3.8) is 0 Å². The third kappa shape index (κ3) is 2.88. The number of nitrogens with one attached hydrogen (secondary N) is 1. The molecular weight excluding hydrogens is 276 g/mol. The predicted octanol–water partition coefficient (Wildman–Crippen LogP) is 1.80. The molecule has 1 fully saturated rings. The fraction of sp³-hybridized carbons (Fsp3) is 0.571. The van der Waals surface area contributed by atoms with Crippen LogP contribution in [0.25, 0.3) is 0 Å². The van der Waals surface area contributed by atoms with Gasteiger partial charge in [0.15, 0.2) is 0 Å². The summed E-state index contributed by atoms with van der Waals surface area (Å²) in [5.74, 6) is 1.05. The second-order valence-electron chi connectivity index (χ2n) is 5.52. The average Bonchev–Trinajstić information content (AvgIpc) is 2.80. The molecule has 1 aliphatic rings. The van der Waals surface area contributed by atoms with Crippen molar-refractivity contribution < 1.29 is 4.79 Å². The number of anilines is 1. The van der Waals surface area contributed by atoms with E-state index in [1.807, 2.05) is 4.90 Å². The van der Waals surface area contributed by atoms with E-state index in [-0.39, 0.29) is 5.91 Å². The molecule has 110 valence electrons. The normalized spacial score (nSPS) is 22.4. The topological polar surface area (TPSA) is 48.5 Å². The van der Waals surface area contributed by atoms with Crippen molar-refractivity contribution in [2.24, 2.45) is 5.92 Å². The zero-order chi connectivity index (χ0) is 14.9. The number of rotatable bonds is 3. The van der Waals surface area contributed by atoms with Crippen molar-refractivity contribution in [3.05, 3.63) is 22.8 Å². The van der Waals surface area contributed by atoms with Crippen LogP contribution in [0.15, 0.2) is 12.3 Å². The lowest BCUT2D eigenvalue weighted by Crippen LogP contribution is -2.35. The van der Waals surface area contributed by atoms with Gasteiger partial charge in [-0.1, -0.05) is 18.5 Å². The van der Waals surface area contributed by atoms with E-state index >= 15 is 0 Å². The molecule has 1 aromatic rings. The summed E-state index contributed by atoms with van der Waals surface area (Å²) in [5, 5.41) is 3.35. The number of hydrogen-bond donors (Lipinski definition) is 1. The lowest BCUT2D eigenvalue weighted by molar-refractivity contribution is 0.0781. The molecule has 5 nitrogen and oxygen atoms in total. The molecule has 1 aromatic heterocycles. The van der Waals surface area contributed by atoms with Crippen LogP contribution in [0.5, 0.6) is 0 Å². The summed E-state index contributed by atoms with van der Waals surface area (Å²) < 4.78 is 0. The van der Waals surface area contributed by atoms with Crippen LogP contribution in [0.1, 0.15) is 17.3 Å². The molecule has 1 amide bonds. The summed E-state index contributed by atoms with van der Waals surface area (Å²) in [6, 6.07) is 2.08. The first-order valence-electron chi connectivity index (χ1n) is 6.73. The first-order chi connectivity index (χ1) is 9.43. The Labute approximate surface area is 124 Å². The number of aromatic nitrogens is 1. The Hall–Kier alpha value is -1.33. The summed E-state index contributed by atoms with van der Waals surface area (Å²) in [6.45, 7) is 3.69. The number of carbonyl (C=O) groups excluding carboxylic acids is 1. The van der Waals surface area contributed by atoms with Crippen molar-refractivity contribution in [2.75, 3.05) is 39.5 Å². The van der Waals surface area contributed by atoms with Crippen LogP contribution in [0.2, 0.25) is 5.02 Å². The lowest BCUT2D eigenvalue weighted by Gasteiger charge is -2.22. The SMILES string of the molecule is CNc1ncc(C(=O)N2CC(C)C(N(C)C)C2)cc1Cl. The third-order valence-electron chi connectivity index (χ3n) is 3.85. The Balaban J connectivity index is 2.14. The van der Waals surface area contributed by atoms with E-state index in [0.717, 1.165) is 13.1 Å². The first kappa shape index (κ1) is 15.1. The molecule has 0 radical (unpaired) electrons. The second kappa shape index (κ2) is 5.97. The van der Waals surface area contributed by atoms with E-state index in [9.17, 15) is 4.79 Å². The maximum absolute atomic E-state index is 12.5. The molecule has 1 N–H and O–H groups in total. The number of nitrogens with zero attached hydrogens (tertiary/aromatic N) is 3. The first-order valence-corrected chi connectivity index (χ1v) is 7.10. The highest BCUT2D eigenvalue weighted by Crippen LogP contribution is 2.24. The molecule has 1 saturated heterocycles.